The number of Topliss-reactive ketones (excluding diaryl/α,β-unsaturated/α-hetero) is 1. The average Bonchev–Trinajstić information content (AvgIpc) is 2.54. The van der Waals surface area contributed by atoms with Crippen molar-refractivity contribution >= 4 is 11.5 Å². The fourth-order valence-corrected chi connectivity index (χ4v) is 3.03. The number of nitrogens with one attached hydrogen (secondary N) is 1. The first-order valence-electron chi connectivity index (χ1n) is 7.59. The Morgan fingerprint density at radius 1 is 1.45 bits per heavy atom. The summed E-state index contributed by atoms with van der Waals surface area (Å²) >= 11 is 0. The topological polar surface area (TPSA) is 41.6 Å². The molecule has 1 aromatic rings. The van der Waals surface area contributed by atoms with Gasteiger partial charge in [-0.1, -0.05) is 6.42 Å². The molecule has 20 heavy (non-hydrogen) atoms. The van der Waals surface area contributed by atoms with Gasteiger partial charge in [-0.3, -0.25) is 4.79 Å². The van der Waals surface area contributed by atoms with Gasteiger partial charge in [-0.15, -0.1) is 0 Å². The summed E-state index contributed by atoms with van der Waals surface area (Å²) in [6.45, 7) is 5.63. The summed E-state index contributed by atoms with van der Waals surface area (Å²) < 4.78 is 5.67. The van der Waals surface area contributed by atoms with E-state index in [4.69, 9.17) is 4.74 Å². The number of nitrogens with zero attached hydrogens (tertiary/aromatic N) is 1. The number of fused-ring (bicyclic) bond motifs is 1. The van der Waals surface area contributed by atoms with Gasteiger partial charge in [0.25, 0.3) is 0 Å². The molecule has 0 saturated carbocycles. The van der Waals surface area contributed by atoms with Gasteiger partial charge in [-0.25, -0.2) is 0 Å². The van der Waals surface area contributed by atoms with Crippen LogP contribution in [-0.4, -0.2) is 38.1 Å². The second-order valence-electron chi connectivity index (χ2n) is 5.48. The molecule has 3 rings (SSSR count). The lowest BCUT2D eigenvalue weighted by Gasteiger charge is -2.31. The number of anilines is 1. The number of hydrogen-bond acceptors (Lipinski definition) is 4. The van der Waals surface area contributed by atoms with Crippen molar-refractivity contribution in [3.8, 4) is 5.75 Å². The monoisotopic (exact) mass is 274 g/mol. The van der Waals surface area contributed by atoms with Crippen molar-refractivity contribution < 1.29 is 9.53 Å². The molecule has 0 aromatic heterocycles. The van der Waals surface area contributed by atoms with Gasteiger partial charge in [0.15, 0.2) is 5.78 Å². The Kier molecular flexibility index (Phi) is 3.92. The maximum absolute atomic E-state index is 12.6. The molecule has 108 valence electrons. The Morgan fingerprint density at radius 3 is 3.10 bits per heavy atom. The van der Waals surface area contributed by atoms with E-state index in [0.29, 0.717) is 0 Å². The molecule has 0 aliphatic carbocycles. The molecule has 4 nitrogen and oxygen atoms in total. The number of ether oxygens (including phenoxy) is 1. The predicted octanol–water partition coefficient (Wildman–Crippen LogP) is 2.23. The van der Waals surface area contributed by atoms with E-state index in [1.54, 1.807) is 0 Å². The molecular formula is C16H22N2O2. The molecule has 1 saturated heterocycles. The Morgan fingerprint density at radius 2 is 2.35 bits per heavy atom. The molecule has 1 unspecified atom stereocenters. The quantitative estimate of drug-likeness (QED) is 0.858. The van der Waals surface area contributed by atoms with Gasteiger partial charge in [0, 0.05) is 12.1 Å². The Hall–Kier alpha value is -1.55. The fraction of sp³-hybridized carbons (Fsp3) is 0.562. The summed E-state index contributed by atoms with van der Waals surface area (Å²) in [5.74, 6) is 1.11. The summed E-state index contributed by atoms with van der Waals surface area (Å²) in [5.41, 5.74) is 1.85. The van der Waals surface area contributed by atoms with Gasteiger partial charge in [0.05, 0.1) is 18.3 Å². The number of ketones is 1. The number of likely N-dealkylation sites (N-methyl/N-ethyl adjacent to an activating group) is 1. The largest absolute Gasteiger partial charge is 0.490 e. The van der Waals surface area contributed by atoms with Crippen molar-refractivity contribution in [2.45, 2.75) is 32.2 Å². The first kappa shape index (κ1) is 13.4. The van der Waals surface area contributed by atoms with Crippen LogP contribution in [0.15, 0.2) is 18.2 Å². The molecule has 0 spiro atoms. The molecule has 0 amide bonds. The van der Waals surface area contributed by atoms with Crippen molar-refractivity contribution in [3.05, 3.63) is 23.8 Å². The fourth-order valence-electron chi connectivity index (χ4n) is 3.03. The van der Waals surface area contributed by atoms with Gasteiger partial charge in [-0.2, -0.15) is 0 Å². The highest BCUT2D eigenvalue weighted by molar-refractivity contribution is 6.01. The molecular weight excluding hydrogens is 252 g/mol. The third-order valence-electron chi connectivity index (χ3n) is 4.21. The molecule has 2 aliphatic rings. The van der Waals surface area contributed by atoms with Gasteiger partial charge >= 0.3 is 0 Å². The summed E-state index contributed by atoms with van der Waals surface area (Å²) in [5, 5.41) is 3.33. The smallest absolute Gasteiger partial charge is 0.179 e. The summed E-state index contributed by atoms with van der Waals surface area (Å²) in [7, 11) is 0. The third kappa shape index (κ3) is 2.52. The Balaban J connectivity index is 1.85. The molecule has 1 aromatic carbocycles. The maximum atomic E-state index is 12.6. The zero-order valence-electron chi connectivity index (χ0n) is 12.0. The van der Waals surface area contributed by atoms with Crippen molar-refractivity contribution in [3.63, 3.8) is 0 Å². The van der Waals surface area contributed by atoms with Crippen LogP contribution in [0.5, 0.6) is 5.75 Å². The lowest BCUT2D eigenvalue weighted by atomic mass is 9.96. The van der Waals surface area contributed by atoms with Crippen LogP contribution in [0, 0.1) is 0 Å². The Bertz CT molecular complexity index is 495. The minimum atomic E-state index is -0.0126. The zero-order valence-corrected chi connectivity index (χ0v) is 12.0. The highest BCUT2D eigenvalue weighted by Crippen LogP contribution is 2.32. The molecule has 2 aliphatic heterocycles. The van der Waals surface area contributed by atoms with E-state index in [1.807, 2.05) is 18.2 Å². The molecule has 4 heteroatoms. The SMILES string of the molecule is CCN1CCOc2ccc(C(=O)C3CCCCN3)cc21. The minimum absolute atomic E-state index is 0.0126. The predicted molar refractivity (Wildman–Crippen MR) is 79.8 cm³/mol. The van der Waals surface area contributed by atoms with Gasteiger partial charge in [0.1, 0.15) is 12.4 Å². The highest BCUT2D eigenvalue weighted by atomic mass is 16.5. The van der Waals surface area contributed by atoms with Crippen LogP contribution >= 0.6 is 0 Å². The average molecular weight is 274 g/mol. The van der Waals surface area contributed by atoms with Gasteiger partial charge in [0.2, 0.25) is 0 Å². The van der Waals surface area contributed by atoms with E-state index < -0.39 is 0 Å². The second-order valence-corrected chi connectivity index (χ2v) is 5.48. The van der Waals surface area contributed by atoms with Crippen LogP contribution in [-0.2, 0) is 0 Å². The first-order chi connectivity index (χ1) is 9.79. The number of hydrogen-bond donors (Lipinski definition) is 1. The lowest BCUT2D eigenvalue weighted by Crippen LogP contribution is -2.40. The highest BCUT2D eigenvalue weighted by Gasteiger charge is 2.24. The van der Waals surface area contributed by atoms with Crippen molar-refractivity contribution in [2.24, 2.45) is 0 Å². The van der Waals surface area contributed by atoms with Crippen molar-refractivity contribution in [2.75, 3.05) is 31.1 Å². The van der Waals surface area contributed by atoms with E-state index in [0.717, 1.165) is 56.1 Å². The normalized spacial score (nSPS) is 22.1. The maximum Gasteiger partial charge on any atom is 0.179 e. The van der Waals surface area contributed by atoms with Crippen LogP contribution in [0.3, 0.4) is 0 Å². The summed E-state index contributed by atoms with van der Waals surface area (Å²) in [6, 6.07) is 5.82. The van der Waals surface area contributed by atoms with Gasteiger partial charge < -0.3 is 15.0 Å². The molecule has 1 atom stereocenters. The van der Waals surface area contributed by atoms with Crippen LogP contribution in [0.1, 0.15) is 36.5 Å². The van der Waals surface area contributed by atoms with Crippen LogP contribution in [0.4, 0.5) is 5.69 Å². The molecule has 1 fully saturated rings. The van der Waals surface area contributed by atoms with Gasteiger partial charge in [-0.05, 0) is 44.5 Å². The van der Waals surface area contributed by atoms with Crippen LogP contribution < -0.4 is 15.0 Å². The number of carbonyl (C=O) groups is 1. The second kappa shape index (κ2) is 5.83. The zero-order chi connectivity index (χ0) is 13.9. The van der Waals surface area contributed by atoms with E-state index in [1.165, 1.54) is 6.42 Å². The number of benzene rings is 1. The molecule has 2 heterocycles. The number of rotatable bonds is 3. The number of piperidine rings is 1. The summed E-state index contributed by atoms with van der Waals surface area (Å²) in [4.78, 5) is 14.8. The van der Waals surface area contributed by atoms with Crippen molar-refractivity contribution in [1.29, 1.82) is 0 Å². The minimum Gasteiger partial charge on any atom is -0.490 e. The molecule has 0 radical (unpaired) electrons. The van der Waals surface area contributed by atoms with E-state index >= 15 is 0 Å². The Labute approximate surface area is 120 Å². The first-order valence-corrected chi connectivity index (χ1v) is 7.59. The van der Waals surface area contributed by atoms with Crippen molar-refractivity contribution in [1.82, 2.24) is 5.32 Å². The third-order valence-corrected chi connectivity index (χ3v) is 4.21. The van der Waals surface area contributed by atoms with E-state index in [-0.39, 0.29) is 11.8 Å². The van der Waals surface area contributed by atoms with E-state index in [9.17, 15) is 4.79 Å². The lowest BCUT2D eigenvalue weighted by molar-refractivity contribution is 0.0927. The summed E-state index contributed by atoms with van der Waals surface area (Å²) in [6.07, 6.45) is 3.26. The van der Waals surface area contributed by atoms with Crippen LogP contribution in [0.25, 0.3) is 0 Å². The number of carbonyl (C=O) groups excluding carboxylic acids is 1. The standard InChI is InChI=1S/C16H22N2O2/c1-2-18-9-10-20-15-7-6-12(11-14(15)18)16(19)13-5-3-4-8-17-13/h6-7,11,13,17H,2-5,8-10H2,1H3. The van der Waals surface area contributed by atoms with E-state index in [2.05, 4.69) is 17.1 Å². The van der Waals surface area contributed by atoms with Crippen LogP contribution in [0.2, 0.25) is 0 Å². The molecule has 0 bridgehead atoms. The molecule has 1 N–H and O–H groups in total.